The average molecular weight is 287 g/mol. The Hall–Kier alpha value is -2.56. The highest BCUT2D eigenvalue weighted by Crippen LogP contribution is 2.19. The van der Waals surface area contributed by atoms with Gasteiger partial charge in [0.1, 0.15) is 5.82 Å². The van der Waals surface area contributed by atoms with Crippen molar-refractivity contribution in [3.8, 4) is 0 Å². The Bertz CT molecular complexity index is 626. The van der Waals surface area contributed by atoms with Gasteiger partial charge in [-0.3, -0.25) is 0 Å². The molecule has 0 saturated carbocycles. The Morgan fingerprint density at radius 3 is 2.57 bits per heavy atom. The van der Waals surface area contributed by atoms with Crippen molar-refractivity contribution in [3.63, 3.8) is 0 Å². The SMILES string of the molecule is Cc1ccc(NC(=O)NCCc2ccc(F)cc2)c(N)c1. The number of carbonyl (C=O) groups is 1. The minimum atomic E-state index is -0.312. The smallest absolute Gasteiger partial charge is 0.319 e. The lowest BCUT2D eigenvalue weighted by atomic mass is 10.1. The number of aryl methyl sites for hydroxylation is 1. The summed E-state index contributed by atoms with van der Waals surface area (Å²) in [6, 6.07) is 11.3. The first-order valence-electron chi connectivity index (χ1n) is 6.70. The van der Waals surface area contributed by atoms with Crippen LogP contribution in [0.25, 0.3) is 0 Å². The summed E-state index contributed by atoms with van der Waals surface area (Å²) in [5, 5.41) is 5.43. The zero-order valence-electron chi connectivity index (χ0n) is 11.8. The van der Waals surface area contributed by atoms with Crippen LogP contribution in [0.3, 0.4) is 0 Å². The number of benzene rings is 2. The van der Waals surface area contributed by atoms with E-state index in [9.17, 15) is 9.18 Å². The molecule has 0 saturated heterocycles. The molecule has 0 atom stereocenters. The summed E-state index contributed by atoms with van der Waals surface area (Å²) in [5.41, 5.74) is 8.94. The molecule has 5 heteroatoms. The van der Waals surface area contributed by atoms with E-state index in [1.165, 1.54) is 12.1 Å². The maximum absolute atomic E-state index is 12.8. The van der Waals surface area contributed by atoms with Crippen LogP contribution in [0.15, 0.2) is 42.5 Å². The maximum Gasteiger partial charge on any atom is 0.319 e. The van der Waals surface area contributed by atoms with Crippen molar-refractivity contribution < 1.29 is 9.18 Å². The van der Waals surface area contributed by atoms with Gasteiger partial charge in [-0.15, -0.1) is 0 Å². The number of amides is 2. The van der Waals surface area contributed by atoms with Crippen LogP contribution in [-0.4, -0.2) is 12.6 Å². The van der Waals surface area contributed by atoms with Crippen LogP contribution in [0.4, 0.5) is 20.6 Å². The molecular weight excluding hydrogens is 269 g/mol. The lowest BCUT2D eigenvalue weighted by molar-refractivity contribution is 0.252. The summed E-state index contributed by atoms with van der Waals surface area (Å²) < 4.78 is 12.8. The van der Waals surface area contributed by atoms with Crippen molar-refractivity contribution >= 4 is 17.4 Å². The van der Waals surface area contributed by atoms with Gasteiger partial charge in [0.2, 0.25) is 0 Å². The van der Waals surface area contributed by atoms with Crippen LogP contribution in [0, 0.1) is 12.7 Å². The van der Waals surface area contributed by atoms with E-state index in [1.807, 2.05) is 13.0 Å². The molecular formula is C16H18FN3O. The fourth-order valence-corrected chi connectivity index (χ4v) is 1.93. The maximum atomic E-state index is 12.8. The fraction of sp³-hybridized carbons (Fsp3) is 0.188. The first-order valence-corrected chi connectivity index (χ1v) is 6.70. The molecule has 110 valence electrons. The van der Waals surface area contributed by atoms with Gasteiger partial charge in [-0.25, -0.2) is 9.18 Å². The van der Waals surface area contributed by atoms with Crippen molar-refractivity contribution in [2.24, 2.45) is 0 Å². The van der Waals surface area contributed by atoms with E-state index < -0.39 is 0 Å². The minimum Gasteiger partial charge on any atom is -0.397 e. The Kier molecular flexibility index (Phi) is 4.77. The van der Waals surface area contributed by atoms with Gasteiger partial charge in [-0.1, -0.05) is 18.2 Å². The van der Waals surface area contributed by atoms with Crippen molar-refractivity contribution in [3.05, 3.63) is 59.4 Å². The lowest BCUT2D eigenvalue weighted by Crippen LogP contribution is -2.30. The number of hydrogen-bond donors (Lipinski definition) is 3. The molecule has 0 aromatic heterocycles. The fourth-order valence-electron chi connectivity index (χ4n) is 1.93. The van der Waals surface area contributed by atoms with Gasteiger partial charge in [0.15, 0.2) is 0 Å². The summed E-state index contributed by atoms with van der Waals surface area (Å²) in [6.07, 6.45) is 0.636. The van der Waals surface area contributed by atoms with Crippen LogP contribution >= 0.6 is 0 Å². The molecule has 0 unspecified atom stereocenters. The Morgan fingerprint density at radius 1 is 1.19 bits per heavy atom. The number of rotatable bonds is 4. The van der Waals surface area contributed by atoms with Crippen molar-refractivity contribution in [1.29, 1.82) is 0 Å². The largest absolute Gasteiger partial charge is 0.397 e. The Morgan fingerprint density at radius 2 is 1.90 bits per heavy atom. The standard InChI is InChI=1S/C16H18FN3O/c1-11-2-7-15(14(18)10-11)20-16(21)19-9-8-12-3-5-13(17)6-4-12/h2-7,10H,8-9,18H2,1H3,(H2,19,20,21). The zero-order valence-corrected chi connectivity index (χ0v) is 11.8. The number of nitrogens with two attached hydrogens (primary N) is 1. The second kappa shape index (κ2) is 6.74. The molecule has 0 fully saturated rings. The quantitative estimate of drug-likeness (QED) is 0.756. The molecule has 0 spiro atoms. The van der Waals surface area contributed by atoms with Gasteiger partial charge >= 0.3 is 6.03 Å². The molecule has 21 heavy (non-hydrogen) atoms. The molecule has 4 nitrogen and oxygen atoms in total. The third-order valence-corrected chi connectivity index (χ3v) is 3.07. The summed E-state index contributed by atoms with van der Waals surface area (Å²) in [7, 11) is 0. The van der Waals surface area contributed by atoms with Crippen molar-refractivity contribution in [2.75, 3.05) is 17.6 Å². The van der Waals surface area contributed by atoms with E-state index in [0.29, 0.717) is 24.3 Å². The highest BCUT2D eigenvalue weighted by molar-refractivity contribution is 5.92. The van der Waals surface area contributed by atoms with Crippen LogP contribution in [-0.2, 0) is 6.42 Å². The number of nitrogen functional groups attached to an aromatic ring is 1. The molecule has 0 heterocycles. The van der Waals surface area contributed by atoms with Crippen LogP contribution in [0.2, 0.25) is 0 Å². The number of nitrogens with one attached hydrogen (secondary N) is 2. The average Bonchev–Trinajstić information content (AvgIpc) is 2.44. The van der Waals surface area contributed by atoms with Crippen LogP contribution < -0.4 is 16.4 Å². The first kappa shape index (κ1) is 14.8. The van der Waals surface area contributed by atoms with Gasteiger partial charge in [0, 0.05) is 6.54 Å². The molecule has 0 radical (unpaired) electrons. The monoisotopic (exact) mass is 287 g/mol. The molecule has 2 aromatic carbocycles. The zero-order chi connectivity index (χ0) is 15.2. The lowest BCUT2D eigenvalue weighted by Gasteiger charge is -2.10. The molecule has 0 aliphatic heterocycles. The summed E-state index contributed by atoms with van der Waals surface area (Å²) in [6.45, 7) is 2.39. The van der Waals surface area contributed by atoms with E-state index >= 15 is 0 Å². The number of anilines is 2. The van der Waals surface area contributed by atoms with Crippen LogP contribution in [0.5, 0.6) is 0 Å². The normalized spacial score (nSPS) is 10.2. The molecule has 2 aromatic rings. The predicted octanol–water partition coefficient (Wildman–Crippen LogP) is 3.08. The third-order valence-electron chi connectivity index (χ3n) is 3.07. The van der Waals surface area contributed by atoms with Crippen molar-refractivity contribution in [2.45, 2.75) is 13.3 Å². The second-order valence-corrected chi connectivity index (χ2v) is 4.85. The van der Waals surface area contributed by atoms with Gasteiger partial charge in [0.25, 0.3) is 0 Å². The van der Waals surface area contributed by atoms with E-state index in [4.69, 9.17) is 5.73 Å². The predicted molar refractivity (Wildman–Crippen MR) is 82.7 cm³/mol. The van der Waals surface area contributed by atoms with Gasteiger partial charge < -0.3 is 16.4 Å². The van der Waals surface area contributed by atoms with Crippen LogP contribution in [0.1, 0.15) is 11.1 Å². The van der Waals surface area contributed by atoms with Gasteiger partial charge in [0.05, 0.1) is 11.4 Å². The Balaban J connectivity index is 1.81. The third kappa shape index (κ3) is 4.49. The van der Waals surface area contributed by atoms with Gasteiger partial charge in [-0.2, -0.15) is 0 Å². The van der Waals surface area contributed by atoms with E-state index in [1.54, 1.807) is 24.3 Å². The summed E-state index contributed by atoms with van der Waals surface area (Å²) in [4.78, 5) is 11.8. The van der Waals surface area contributed by atoms with Crippen molar-refractivity contribution in [1.82, 2.24) is 5.32 Å². The molecule has 0 bridgehead atoms. The number of hydrogen-bond acceptors (Lipinski definition) is 2. The van der Waals surface area contributed by atoms with E-state index in [0.717, 1.165) is 11.1 Å². The second-order valence-electron chi connectivity index (χ2n) is 4.85. The number of halogens is 1. The highest BCUT2D eigenvalue weighted by Gasteiger charge is 2.04. The highest BCUT2D eigenvalue weighted by atomic mass is 19.1. The number of urea groups is 1. The van der Waals surface area contributed by atoms with E-state index in [2.05, 4.69) is 10.6 Å². The molecule has 2 amide bonds. The first-order chi connectivity index (χ1) is 10.0. The summed E-state index contributed by atoms with van der Waals surface area (Å²) >= 11 is 0. The van der Waals surface area contributed by atoms with Gasteiger partial charge in [-0.05, 0) is 48.7 Å². The Labute approximate surface area is 123 Å². The molecule has 0 aliphatic carbocycles. The molecule has 2 rings (SSSR count). The number of carbonyl (C=O) groups excluding carboxylic acids is 1. The molecule has 4 N–H and O–H groups in total. The van der Waals surface area contributed by atoms with E-state index in [-0.39, 0.29) is 11.8 Å². The minimum absolute atomic E-state index is 0.265. The topological polar surface area (TPSA) is 67.2 Å². The summed E-state index contributed by atoms with van der Waals surface area (Å²) in [5.74, 6) is -0.265. The molecule has 0 aliphatic rings.